The van der Waals surface area contributed by atoms with Crippen molar-refractivity contribution in [2.45, 2.75) is 19.9 Å². The van der Waals surface area contributed by atoms with Gasteiger partial charge < -0.3 is 25.8 Å². The molecular weight excluding hydrogens is 289 g/mol. The van der Waals surface area contributed by atoms with Crippen LogP contribution in [0, 0.1) is 0 Å². The van der Waals surface area contributed by atoms with Gasteiger partial charge in [0.1, 0.15) is 0 Å². The number of hydrogen-bond acceptors (Lipinski definition) is 5. The second-order valence-corrected chi connectivity index (χ2v) is 2.47. The Morgan fingerprint density at radius 1 is 1.07 bits per heavy atom. The third-order valence-corrected chi connectivity index (χ3v) is 0. The summed E-state index contributed by atoms with van der Waals surface area (Å²) in [6.07, 6.45) is 0. The maximum Gasteiger partial charge on any atom is 2.00 e. The topological polar surface area (TPSA) is 169 Å². The van der Waals surface area contributed by atoms with Gasteiger partial charge in [-0.25, -0.2) is 0 Å². The van der Waals surface area contributed by atoms with Crippen LogP contribution in [0.15, 0.2) is 0 Å². The normalized spacial score (nSPS) is 6.71. The van der Waals surface area contributed by atoms with E-state index in [1.807, 2.05) is 13.8 Å². The molecule has 0 aliphatic rings. The molecular formula is C3H15CaCl2NO6S. The van der Waals surface area contributed by atoms with Crippen molar-refractivity contribution in [3.8, 4) is 0 Å². The van der Waals surface area contributed by atoms with Crippen molar-refractivity contribution < 1.29 is 28.5 Å². The van der Waals surface area contributed by atoms with Gasteiger partial charge in [-0.2, -0.15) is 0 Å². The van der Waals surface area contributed by atoms with Crippen LogP contribution in [-0.2, 0) is 10.4 Å². The zero-order chi connectivity index (χ0) is 8.08. The van der Waals surface area contributed by atoms with E-state index in [2.05, 4.69) is 0 Å². The van der Waals surface area contributed by atoms with E-state index >= 15 is 0 Å². The quantitative estimate of drug-likeness (QED) is 0.304. The fourth-order valence-corrected chi connectivity index (χ4v) is 0. The number of nitrogens with two attached hydrogens (primary N) is 1. The molecule has 0 aromatic rings. The summed E-state index contributed by atoms with van der Waals surface area (Å²) in [6.45, 7) is 3.89. The van der Waals surface area contributed by atoms with Gasteiger partial charge in [-0.1, -0.05) is 13.8 Å². The average molecular weight is 304 g/mol. The second kappa shape index (κ2) is 24.0. The van der Waals surface area contributed by atoms with E-state index in [0.717, 1.165) is 0 Å². The van der Waals surface area contributed by atoms with Gasteiger partial charge >= 0.3 is 37.7 Å². The predicted molar refractivity (Wildman–Crippen MR) is 57.3 cm³/mol. The monoisotopic (exact) mass is 303 g/mol. The van der Waals surface area contributed by atoms with E-state index in [1.54, 1.807) is 0 Å². The predicted octanol–water partition coefficient (Wildman–Crippen LogP) is -2.17. The van der Waals surface area contributed by atoms with Crippen molar-refractivity contribution in [2.75, 3.05) is 0 Å². The minimum atomic E-state index is -5.17. The number of halogens is 2. The summed E-state index contributed by atoms with van der Waals surface area (Å²) in [5, 5.41) is 0. The molecule has 0 rings (SSSR count). The largest absolute Gasteiger partial charge is 2.00 e. The molecule has 14 heavy (non-hydrogen) atoms. The molecule has 0 aliphatic carbocycles. The third-order valence-electron chi connectivity index (χ3n) is 0. The van der Waals surface area contributed by atoms with Crippen LogP contribution in [0.2, 0.25) is 0 Å². The molecule has 11 heteroatoms. The molecule has 0 unspecified atom stereocenters. The molecule has 0 aromatic heterocycles. The fraction of sp³-hybridized carbons (Fsp3) is 1.00. The van der Waals surface area contributed by atoms with E-state index < -0.39 is 10.4 Å². The molecule has 0 saturated carbocycles. The van der Waals surface area contributed by atoms with E-state index in [0.29, 0.717) is 6.04 Å². The molecule has 0 bridgehead atoms. The summed E-state index contributed by atoms with van der Waals surface area (Å²) in [5.74, 6) is 0. The molecule has 7 nitrogen and oxygen atoms in total. The summed E-state index contributed by atoms with van der Waals surface area (Å²) in [6, 6.07) is 0.333. The average Bonchev–Trinajstić information content (AvgIpc) is 1.19. The SMILES string of the molecule is CC(C)N.Cl.Cl.O.O.O=S(=O)([O-])[O-].[Ca+2]. The summed E-state index contributed by atoms with van der Waals surface area (Å²) >= 11 is 0. The zero-order valence-corrected chi connectivity index (χ0v) is 12.4. The van der Waals surface area contributed by atoms with Crippen LogP contribution in [-0.4, -0.2) is 72.3 Å². The van der Waals surface area contributed by atoms with Crippen LogP contribution in [0.1, 0.15) is 13.8 Å². The maximum atomic E-state index is 8.52. The smallest absolute Gasteiger partial charge is 0.759 e. The van der Waals surface area contributed by atoms with Crippen LogP contribution in [0.3, 0.4) is 0 Å². The van der Waals surface area contributed by atoms with E-state index in [4.69, 9.17) is 23.3 Å². The molecule has 0 atom stereocenters. The Kier molecular flexibility index (Phi) is 77.2. The van der Waals surface area contributed by atoms with Crippen molar-refractivity contribution >= 4 is 73.0 Å². The van der Waals surface area contributed by atoms with Crippen LogP contribution in [0.5, 0.6) is 0 Å². The van der Waals surface area contributed by atoms with E-state index in [-0.39, 0.29) is 73.5 Å². The number of rotatable bonds is 0. The van der Waals surface area contributed by atoms with Gasteiger partial charge in [-0.3, -0.25) is 8.42 Å². The Hall–Kier alpha value is 1.59. The van der Waals surface area contributed by atoms with E-state index in [9.17, 15) is 0 Å². The van der Waals surface area contributed by atoms with E-state index in [1.165, 1.54) is 0 Å². The molecule has 0 fully saturated rings. The molecule has 0 saturated heterocycles. The summed E-state index contributed by atoms with van der Waals surface area (Å²) in [7, 11) is -5.17. The molecule has 0 heterocycles. The Morgan fingerprint density at radius 2 is 1.07 bits per heavy atom. The maximum absolute atomic E-state index is 8.52. The molecule has 6 N–H and O–H groups in total. The standard InChI is InChI=1S/C3H9N.Ca.2ClH.H2O4S.2H2O/c1-3(2)4;;;;1-5(2,3)4;;/h3H,4H2,1-2H3;;2*1H;(H2,1,2,3,4);2*1H2/q;+2;;;;;/p-2. The first-order valence-electron chi connectivity index (χ1n) is 2.15. The van der Waals surface area contributed by atoms with Gasteiger partial charge in [0.05, 0.1) is 0 Å². The summed E-state index contributed by atoms with van der Waals surface area (Å²) in [5.41, 5.74) is 5.11. The molecule has 0 radical (unpaired) electrons. The third kappa shape index (κ3) is 852. The molecule has 0 amide bonds. The van der Waals surface area contributed by atoms with Crippen LogP contribution >= 0.6 is 24.8 Å². The zero-order valence-electron chi connectivity index (χ0n) is 7.72. The molecule has 0 spiro atoms. The second-order valence-electron chi connectivity index (χ2n) is 1.65. The van der Waals surface area contributed by atoms with Gasteiger partial charge in [-0.15, -0.1) is 24.8 Å². The molecule has 0 aliphatic heterocycles. The van der Waals surface area contributed by atoms with Crippen LogP contribution in [0.4, 0.5) is 0 Å². The Morgan fingerprint density at radius 3 is 1.07 bits per heavy atom. The van der Waals surface area contributed by atoms with Gasteiger partial charge in [-0.05, 0) is 6.04 Å². The first kappa shape index (κ1) is 45.0. The number of hydrogen-bond donors (Lipinski definition) is 1. The minimum Gasteiger partial charge on any atom is -0.759 e. The van der Waals surface area contributed by atoms with Gasteiger partial charge in [0, 0.05) is 10.4 Å². The van der Waals surface area contributed by atoms with Crippen LogP contribution in [0.25, 0.3) is 0 Å². The van der Waals surface area contributed by atoms with Crippen molar-refractivity contribution in [2.24, 2.45) is 5.73 Å². The fourth-order valence-electron chi connectivity index (χ4n) is 0. The molecule has 90 valence electrons. The van der Waals surface area contributed by atoms with Crippen molar-refractivity contribution in [1.29, 1.82) is 0 Å². The van der Waals surface area contributed by atoms with Crippen LogP contribution < -0.4 is 5.73 Å². The molecule has 0 aromatic carbocycles. The minimum absolute atomic E-state index is 0. The van der Waals surface area contributed by atoms with Crippen molar-refractivity contribution in [3.63, 3.8) is 0 Å². The Labute approximate surface area is 126 Å². The summed E-state index contributed by atoms with van der Waals surface area (Å²) in [4.78, 5) is 0. The first-order valence-corrected chi connectivity index (χ1v) is 3.49. The van der Waals surface area contributed by atoms with Gasteiger partial charge in [0.2, 0.25) is 0 Å². The van der Waals surface area contributed by atoms with Gasteiger partial charge in [0.25, 0.3) is 0 Å². The van der Waals surface area contributed by atoms with Crippen molar-refractivity contribution in [1.82, 2.24) is 0 Å². The Balaban J connectivity index is -0.0000000104. The Bertz CT molecular complexity index is 142. The van der Waals surface area contributed by atoms with Gasteiger partial charge in [0.15, 0.2) is 0 Å². The summed E-state index contributed by atoms with van der Waals surface area (Å²) < 4.78 is 34.1. The first-order chi connectivity index (χ1) is 3.73. The van der Waals surface area contributed by atoms with Crippen molar-refractivity contribution in [3.05, 3.63) is 0 Å².